The van der Waals surface area contributed by atoms with E-state index in [0.29, 0.717) is 29.2 Å². The van der Waals surface area contributed by atoms with E-state index >= 15 is 0 Å². The van der Waals surface area contributed by atoms with Gasteiger partial charge >= 0.3 is 5.97 Å². The van der Waals surface area contributed by atoms with Crippen molar-refractivity contribution < 1.29 is 23.8 Å². The van der Waals surface area contributed by atoms with E-state index in [1.165, 1.54) is 7.11 Å². The number of hydrogen-bond donors (Lipinski definition) is 1. The highest BCUT2D eigenvalue weighted by Crippen LogP contribution is 2.24. The van der Waals surface area contributed by atoms with E-state index in [0.717, 1.165) is 23.9 Å². The van der Waals surface area contributed by atoms with Crippen molar-refractivity contribution in [2.45, 2.75) is 25.4 Å². The van der Waals surface area contributed by atoms with Crippen molar-refractivity contribution in [1.82, 2.24) is 0 Å². The third kappa shape index (κ3) is 5.56. The van der Waals surface area contributed by atoms with Crippen molar-refractivity contribution in [2.24, 2.45) is 0 Å². The summed E-state index contributed by atoms with van der Waals surface area (Å²) in [6, 6.07) is 12.4. The van der Waals surface area contributed by atoms with Crippen molar-refractivity contribution in [3.8, 4) is 5.75 Å². The van der Waals surface area contributed by atoms with Crippen LogP contribution in [0.1, 0.15) is 28.8 Å². The summed E-state index contributed by atoms with van der Waals surface area (Å²) in [6.45, 7) is 1.23. The molecule has 0 radical (unpaired) electrons. The van der Waals surface area contributed by atoms with Gasteiger partial charge in [-0.25, -0.2) is 0 Å². The number of rotatable bonds is 7. The molecule has 1 amide bonds. The van der Waals surface area contributed by atoms with Gasteiger partial charge in [-0.1, -0.05) is 34.1 Å². The fourth-order valence-corrected chi connectivity index (χ4v) is 3.43. The van der Waals surface area contributed by atoms with Crippen molar-refractivity contribution in [3.63, 3.8) is 0 Å². The maximum atomic E-state index is 12.8. The smallest absolute Gasteiger partial charge is 0.310 e. The minimum atomic E-state index is -0.367. The van der Waals surface area contributed by atoms with Gasteiger partial charge < -0.3 is 19.5 Å². The average molecular weight is 448 g/mol. The maximum Gasteiger partial charge on any atom is 0.310 e. The quantitative estimate of drug-likeness (QED) is 0.649. The van der Waals surface area contributed by atoms with Crippen molar-refractivity contribution in [1.29, 1.82) is 0 Å². The summed E-state index contributed by atoms with van der Waals surface area (Å²) in [6.07, 6.45) is 2.21. The summed E-state index contributed by atoms with van der Waals surface area (Å²) in [4.78, 5) is 24.3. The number of para-hydroxylation sites is 1. The molecule has 0 aliphatic carbocycles. The van der Waals surface area contributed by atoms with E-state index in [2.05, 4.69) is 21.2 Å². The normalized spacial score (nSPS) is 15.9. The number of benzene rings is 2. The van der Waals surface area contributed by atoms with Crippen molar-refractivity contribution in [3.05, 3.63) is 58.1 Å². The fourth-order valence-electron chi connectivity index (χ4n) is 2.96. The number of esters is 1. The summed E-state index contributed by atoms with van der Waals surface area (Å²) < 4.78 is 16.8. The number of halogens is 1. The second kappa shape index (κ2) is 9.71. The summed E-state index contributed by atoms with van der Waals surface area (Å²) >= 11 is 3.42. The number of carbonyl (C=O) groups is 2. The first-order valence-corrected chi connectivity index (χ1v) is 9.85. The summed E-state index contributed by atoms with van der Waals surface area (Å²) in [7, 11) is 1.34. The lowest BCUT2D eigenvalue weighted by Crippen LogP contribution is -2.17. The standard InChI is InChI=1S/C21H22BrNO5/c1-26-20(24)11-14-5-2-3-7-19(14)23-21(25)15-9-16(22)12-18(10-15)28-13-17-6-4-8-27-17/h2-3,5,7,9-10,12,17H,4,6,8,11,13H2,1H3,(H,23,25). The molecule has 1 fully saturated rings. The van der Waals surface area contributed by atoms with Crippen LogP contribution in [-0.2, 0) is 20.7 Å². The van der Waals surface area contributed by atoms with Crippen LogP contribution in [0.25, 0.3) is 0 Å². The molecule has 1 atom stereocenters. The van der Waals surface area contributed by atoms with Crippen LogP contribution in [0.5, 0.6) is 5.75 Å². The second-order valence-electron chi connectivity index (χ2n) is 6.49. The van der Waals surface area contributed by atoms with Crippen LogP contribution in [0.15, 0.2) is 46.9 Å². The Balaban J connectivity index is 1.71. The monoisotopic (exact) mass is 447 g/mol. The van der Waals surface area contributed by atoms with E-state index < -0.39 is 0 Å². The van der Waals surface area contributed by atoms with E-state index in [4.69, 9.17) is 14.2 Å². The van der Waals surface area contributed by atoms with Gasteiger partial charge in [-0.15, -0.1) is 0 Å². The highest BCUT2D eigenvalue weighted by atomic mass is 79.9. The molecule has 0 bridgehead atoms. The van der Waals surface area contributed by atoms with Gasteiger partial charge in [0, 0.05) is 22.3 Å². The molecular formula is C21H22BrNO5. The zero-order chi connectivity index (χ0) is 19.9. The van der Waals surface area contributed by atoms with Gasteiger partial charge in [0.25, 0.3) is 5.91 Å². The predicted molar refractivity (Wildman–Crippen MR) is 109 cm³/mol. The Hall–Kier alpha value is -2.38. The minimum Gasteiger partial charge on any atom is -0.491 e. The first-order chi connectivity index (χ1) is 13.5. The molecule has 2 aromatic carbocycles. The van der Waals surface area contributed by atoms with E-state index in [1.807, 2.05) is 12.1 Å². The lowest BCUT2D eigenvalue weighted by Gasteiger charge is -2.14. The number of amides is 1. The molecular weight excluding hydrogens is 426 g/mol. The number of methoxy groups -OCH3 is 1. The predicted octanol–water partition coefficient (Wildman–Crippen LogP) is 3.97. The van der Waals surface area contributed by atoms with Crippen LogP contribution in [0.4, 0.5) is 5.69 Å². The van der Waals surface area contributed by atoms with Gasteiger partial charge in [0.1, 0.15) is 12.4 Å². The molecule has 1 unspecified atom stereocenters. The van der Waals surface area contributed by atoms with Crippen molar-refractivity contribution >= 4 is 33.5 Å². The molecule has 7 heteroatoms. The highest BCUT2D eigenvalue weighted by molar-refractivity contribution is 9.10. The maximum absolute atomic E-state index is 12.8. The molecule has 6 nitrogen and oxygen atoms in total. The van der Waals surface area contributed by atoms with Gasteiger partial charge in [-0.05, 0) is 42.7 Å². The van der Waals surface area contributed by atoms with Crippen LogP contribution in [-0.4, -0.2) is 38.3 Å². The number of nitrogens with one attached hydrogen (secondary N) is 1. The van der Waals surface area contributed by atoms with Gasteiger partial charge in [0.2, 0.25) is 0 Å². The summed E-state index contributed by atoms with van der Waals surface area (Å²) in [5.74, 6) is -0.0626. The van der Waals surface area contributed by atoms with Crippen LogP contribution < -0.4 is 10.1 Å². The largest absolute Gasteiger partial charge is 0.491 e. The van der Waals surface area contributed by atoms with E-state index in [1.54, 1.807) is 30.3 Å². The molecule has 28 heavy (non-hydrogen) atoms. The Morgan fingerprint density at radius 2 is 2.07 bits per heavy atom. The SMILES string of the molecule is COC(=O)Cc1ccccc1NC(=O)c1cc(Br)cc(OCC2CCCO2)c1. The molecule has 0 spiro atoms. The Kier molecular flexibility index (Phi) is 7.06. The lowest BCUT2D eigenvalue weighted by atomic mass is 10.1. The first-order valence-electron chi connectivity index (χ1n) is 9.06. The Morgan fingerprint density at radius 3 is 2.82 bits per heavy atom. The summed E-state index contributed by atoms with van der Waals surface area (Å²) in [5.41, 5.74) is 1.71. The molecule has 1 heterocycles. The highest BCUT2D eigenvalue weighted by Gasteiger charge is 2.17. The number of hydrogen-bond acceptors (Lipinski definition) is 5. The number of ether oxygens (including phenoxy) is 3. The third-order valence-electron chi connectivity index (χ3n) is 4.42. The van der Waals surface area contributed by atoms with Crippen LogP contribution >= 0.6 is 15.9 Å². The molecule has 1 aliphatic rings. The lowest BCUT2D eigenvalue weighted by molar-refractivity contribution is -0.139. The van der Waals surface area contributed by atoms with Gasteiger partial charge in [-0.3, -0.25) is 9.59 Å². The second-order valence-corrected chi connectivity index (χ2v) is 7.40. The molecule has 0 aromatic heterocycles. The van der Waals surface area contributed by atoms with Gasteiger partial charge in [0.05, 0.1) is 19.6 Å². The zero-order valence-electron chi connectivity index (χ0n) is 15.6. The molecule has 1 aliphatic heterocycles. The first kappa shape index (κ1) is 20.4. The van der Waals surface area contributed by atoms with E-state index in [9.17, 15) is 9.59 Å². The fraction of sp³-hybridized carbons (Fsp3) is 0.333. The summed E-state index contributed by atoms with van der Waals surface area (Å²) in [5, 5.41) is 2.86. The zero-order valence-corrected chi connectivity index (χ0v) is 17.2. The molecule has 2 aromatic rings. The van der Waals surface area contributed by atoms with Gasteiger partial charge in [-0.2, -0.15) is 0 Å². The number of anilines is 1. The Bertz CT molecular complexity index is 848. The average Bonchev–Trinajstić information content (AvgIpc) is 3.21. The van der Waals surface area contributed by atoms with E-state index in [-0.39, 0.29) is 24.4 Å². The van der Waals surface area contributed by atoms with Crippen LogP contribution in [0.2, 0.25) is 0 Å². The minimum absolute atomic E-state index is 0.0845. The molecule has 1 N–H and O–H groups in total. The molecule has 0 saturated carbocycles. The third-order valence-corrected chi connectivity index (χ3v) is 4.88. The molecule has 148 valence electrons. The number of carbonyl (C=O) groups excluding carboxylic acids is 2. The Morgan fingerprint density at radius 1 is 1.25 bits per heavy atom. The molecule has 3 rings (SSSR count). The van der Waals surface area contributed by atoms with Crippen molar-refractivity contribution in [2.75, 3.05) is 25.6 Å². The van der Waals surface area contributed by atoms with Gasteiger partial charge in [0.15, 0.2) is 0 Å². The Labute approximate surface area is 172 Å². The topological polar surface area (TPSA) is 73.9 Å². The van der Waals surface area contributed by atoms with Crippen LogP contribution in [0, 0.1) is 0 Å². The van der Waals surface area contributed by atoms with Crippen LogP contribution in [0.3, 0.4) is 0 Å². The molecule has 1 saturated heterocycles.